The number of rotatable bonds is 6. The van der Waals surface area contributed by atoms with Gasteiger partial charge in [-0.25, -0.2) is 9.97 Å². The number of hydrogen-bond acceptors (Lipinski definition) is 5. The lowest BCUT2D eigenvalue weighted by Gasteiger charge is -2.07. The Kier molecular flexibility index (Phi) is 5.16. The van der Waals surface area contributed by atoms with Crippen LogP contribution in [-0.2, 0) is 4.79 Å². The Balaban J connectivity index is 1.96. The lowest BCUT2D eigenvalue weighted by atomic mass is 10.1. The number of amides is 1. The Morgan fingerprint density at radius 1 is 1.21 bits per heavy atom. The van der Waals surface area contributed by atoms with E-state index in [0.29, 0.717) is 6.42 Å². The molecule has 0 unspecified atom stereocenters. The van der Waals surface area contributed by atoms with E-state index in [4.69, 9.17) is 5.73 Å². The molecular weight excluding hydrogens is 338 g/mol. The molecule has 2 N–H and O–H groups in total. The number of carbonyl (C=O) groups excluding carboxylic acids is 1. The second kappa shape index (κ2) is 7.32. The minimum absolute atomic E-state index is 0.254. The fraction of sp³-hybridized carbons (Fsp3) is 0.278. The molecule has 0 radical (unpaired) electrons. The third-order valence-electron chi connectivity index (χ3n) is 3.68. The first-order valence-corrected chi connectivity index (χ1v) is 9.65. The summed E-state index contributed by atoms with van der Waals surface area (Å²) in [5, 5.41) is 4.24. The molecule has 1 aromatic carbocycles. The van der Waals surface area contributed by atoms with Crippen molar-refractivity contribution in [3.05, 3.63) is 41.0 Å². The van der Waals surface area contributed by atoms with Gasteiger partial charge in [-0.2, -0.15) is 0 Å². The van der Waals surface area contributed by atoms with E-state index in [9.17, 15) is 4.79 Å². The Morgan fingerprint density at radius 2 is 1.96 bits per heavy atom. The highest BCUT2D eigenvalue weighted by molar-refractivity contribution is 7.99. The van der Waals surface area contributed by atoms with E-state index in [1.165, 1.54) is 16.7 Å². The van der Waals surface area contributed by atoms with Crippen LogP contribution < -0.4 is 5.73 Å². The van der Waals surface area contributed by atoms with Crippen molar-refractivity contribution in [2.45, 2.75) is 31.7 Å². The summed E-state index contributed by atoms with van der Waals surface area (Å²) in [7, 11) is 0. The topological polar surface area (TPSA) is 68.9 Å². The van der Waals surface area contributed by atoms with Gasteiger partial charge in [-0.05, 0) is 25.8 Å². The van der Waals surface area contributed by atoms with Gasteiger partial charge in [0.25, 0.3) is 0 Å². The number of fused-ring (bicyclic) bond motifs is 1. The summed E-state index contributed by atoms with van der Waals surface area (Å²) in [5.74, 6) is 1.34. The summed E-state index contributed by atoms with van der Waals surface area (Å²) in [6.45, 7) is 4.00. The quantitative estimate of drug-likeness (QED) is 0.405. The van der Waals surface area contributed by atoms with Gasteiger partial charge in [0.2, 0.25) is 5.91 Å². The van der Waals surface area contributed by atoms with E-state index >= 15 is 0 Å². The molecule has 0 spiro atoms. The number of primary amides is 1. The van der Waals surface area contributed by atoms with Gasteiger partial charge in [-0.3, -0.25) is 4.79 Å². The summed E-state index contributed by atoms with van der Waals surface area (Å²) >= 11 is 3.32. The summed E-state index contributed by atoms with van der Waals surface area (Å²) in [5.41, 5.74) is 8.80. The predicted octanol–water partition coefficient (Wildman–Crippen LogP) is 4.33. The molecule has 0 saturated heterocycles. The highest BCUT2D eigenvalue weighted by Gasteiger charge is 2.14. The summed E-state index contributed by atoms with van der Waals surface area (Å²) in [6, 6.07) is 8.51. The molecule has 0 aliphatic heterocycles. The lowest BCUT2D eigenvalue weighted by Crippen LogP contribution is -2.10. The third kappa shape index (κ3) is 3.76. The van der Waals surface area contributed by atoms with E-state index in [0.717, 1.165) is 33.2 Å². The van der Waals surface area contributed by atoms with Gasteiger partial charge >= 0.3 is 0 Å². The molecule has 124 valence electrons. The normalized spacial score (nSPS) is 11.1. The molecule has 0 saturated carbocycles. The minimum Gasteiger partial charge on any atom is -0.370 e. The van der Waals surface area contributed by atoms with E-state index in [-0.39, 0.29) is 5.91 Å². The Hall–Kier alpha value is -1.92. The van der Waals surface area contributed by atoms with Crippen LogP contribution in [0.2, 0.25) is 0 Å². The first kappa shape index (κ1) is 16.9. The molecule has 2 aromatic heterocycles. The first-order chi connectivity index (χ1) is 11.5. The van der Waals surface area contributed by atoms with Crippen molar-refractivity contribution in [1.82, 2.24) is 9.97 Å². The van der Waals surface area contributed by atoms with Crippen molar-refractivity contribution in [3.8, 4) is 11.1 Å². The maximum Gasteiger partial charge on any atom is 0.217 e. The molecule has 4 nitrogen and oxygen atoms in total. The first-order valence-electron chi connectivity index (χ1n) is 7.78. The molecule has 0 aliphatic rings. The molecular formula is C18H19N3OS2. The van der Waals surface area contributed by atoms with Gasteiger partial charge in [-0.1, -0.05) is 29.8 Å². The van der Waals surface area contributed by atoms with Gasteiger partial charge in [0, 0.05) is 23.1 Å². The van der Waals surface area contributed by atoms with Gasteiger partial charge in [0.1, 0.15) is 15.7 Å². The van der Waals surface area contributed by atoms with Crippen LogP contribution in [-0.4, -0.2) is 21.6 Å². The maximum absolute atomic E-state index is 10.9. The van der Waals surface area contributed by atoms with Crippen LogP contribution >= 0.6 is 23.1 Å². The van der Waals surface area contributed by atoms with E-state index in [1.807, 2.05) is 6.92 Å². The van der Waals surface area contributed by atoms with E-state index in [2.05, 4.69) is 46.5 Å². The number of thiophene rings is 1. The maximum atomic E-state index is 10.9. The summed E-state index contributed by atoms with van der Waals surface area (Å²) in [6.07, 6.45) is 1.17. The molecule has 3 rings (SSSR count). The SMILES string of the molecule is Cc1ccc(-c2csc3nc(C)nc(SCCCC(N)=O)c23)cc1. The lowest BCUT2D eigenvalue weighted by molar-refractivity contribution is -0.118. The van der Waals surface area contributed by atoms with Crippen molar-refractivity contribution in [1.29, 1.82) is 0 Å². The molecule has 2 heterocycles. The molecule has 0 aliphatic carbocycles. The number of hydrogen-bond donors (Lipinski definition) is 1. The van der Waals surface area contributed by atoms with Crippen LogP contribution in [0.15, 0.2) is 34.7 Å². The molecule has 6 heteroatoms. The van der Waals surface area contributed by atoms with E-state index in [1.54, 1.807) is 23.1 Å². The zero-order chi connectivity index (χ0) is 17.1. The summed E-state index contributed by atoms with van der Waals surface area (Å²) < 4.78 is 0. The van der Waals surface area contributed by atoms with Crippen molar-refractivity contribution in [2.24, 2.45) is 5.73 Å². The van der Waals surface area contributed by atoms with Gasteiger partial charge < -0.3 is 5.73 Å². The van der Waals surface area contributed by atoms with Crippen LogP contribution in [0.25, 0.3) is 21.3 Å². The van der Waals surface area contributed by atoms with Crippen molar-refractivity contribution >= 4 is 39.2 Å². The van der Waals surface area contributed by atoms with Gasteiger partial charge in [0.15, 0.2) is 0 Å². The minimum atomic E-state index is -0.254. The molecule has 0 bridgehead atoms. The molecule has 1 amide bonds. The number of aryl methyl sites for hydroxylation is 2. The van der Waals surface area contributed by atoms with Crippen molar-refractivity contribution in [2.75, 3.05) is 5.75 Å². The van der Waals surface area contributed by atoms with Gasteiger partial charge in [-0.15, -0.1) is 23.1 Å². The second-order valence-corrected chi connectivity index (χ2v) is 7.63. The Labute approximate surface area is 149 Å². The summed E-state index contributed by atoms with van der Waals surface area (Å²) in [4.78, 5) is 21.1. The predicted molar refractivity (Wildman–Crippen MR) is 101 cm³/mol. The number of aromatic nitrogens is 2. The number of thioether (sulfide) groups is 1. The molecule has 0 fully saturated rings. The average molecular weight is 358 g/mol. The Bertz CT molecular complexity index is 872. The van der Waals surface area contributed by atoms with Crippen LogP contribution in [0.5, 0.6) is 0 Å². The molecule has 24 heavy (non-hydrogen) atoms. The highest BCUT2D eigenvalue weighted by atomic mass is 32.2. The largest absolute Gasteiger partial charge is 0.370 e. The molecule has 3 aromatic rings. The monoisotopic (exact) mass is 357 g/mol. The van der Waals surface area contributed by atoms with Crippen molar-refractivity contribution in [3.63, 3.8) is 0 Å². The standard InChI is InChI=1S/C18H19N3OS2/c1-11-5-7-13(8-6-11)14-10-24-18-16(14)17(20-12(2)21-18)23-9-3-4-15(19)22/h5-8,10H,3-4,9H2,1-2H3,(H2,19,22). The zero-order valence-electron chi connectivity index (χ0n) is 13.7. The fourth-order valence-corrected chi connectivity index (χ4v) is 4.56. The van der Waals surface area contributed by atoms with Crippen LogP contribution in [0.1, 0.15) is 24.2 Å². The number of nitrogens with two attached hydrogens (primary N) is 1. The number of nitrogens with zero attached hydrogens (tertiary/aromatic N) is 2. The van der Waals surface area contributed by atoms with Crippen LogP contribution in [0, 0.1) is 13.8 Å². The number of benzene rings is 1. The van der Waals surface area contributed by atoms with Crippen LogP contribution in [0.4, 0.5) is 0 Å². The third-order valence-corrected chi connectivity index (χ3v) is 5.61. The average Bonchev–Trinajstić information content (AvgIpc) is 2.95. The highest BCUT2D eigenvalue weighted by Crippen LogP contribution is 2.38. The number of carbonyl (C=O) groups is 1. The van der Waals surface area contributed by atoms with Crippen molar-refractivity contribution < 1.29 is 4.79 Å². The van der Waals surface area contributed by atoms with Crippen LogP contribution in [0.3, 0.4) is 0 Å². The van der Waals surface area contributed by atoms with E-state index < -0.39 is 0 Å². The van der Waals surface area contributed by atoms with Gasteiger partial charge in [0.05, 0.1) is 5.39 Å². The molecule has 0 atom stereocenters. The zero-order valence-corrected chi connectivity index (χ0v) is 15.3. The smallest absolute Gasteiger partial charge is 0.217 e. The second-order valence-electron chi connectivity index (χ2n) is 5.69. The fourth-order valence-electron chi connectivity index (χ4n) is 2.48. The Morgan fingerprint density at radius 3 is 2.67 bits per heavy atom.